The lowest BCUT2D eigenvalue weighted by Gasteiger charge is -2.18. The Balaban J connectivity index is 2.40. The lowest BCUT2D eigenvalue weighted by atomic mass is 10.1. The van der Waals surface area contributed by atoms with Crippen molar-refractivity contribution in [2.75, 3.05) is 11.4 Å². The average molecular weight is 304 g/mol. The van der Waals surface area contributed by atoms with Crippen molar-refractivity contribution in [1.29, 1.82) is 5.26 Å². The number of anilines is 1. The number of hydrogen-bond acceptors (Lipinski definition) is 3. The molecule has 0 radical (unpaired) electrons. The molecule has 0 saturated carbocycles. The summed E-state index contributed by atoms with van der Waals surface area (Å²) in [5.41, 5.74) is -1.41. The quantitative estimate of drug-likeness (QED) is 0.854. The van der Waals surface area contributed by atoms with Crippen molar-refractivity contribution in [2.45, 2.75) is 18.6 Å². The number of alkyl halides is 3. The molecule has 1 aromatic rings. The average Bonchev–Trinajstić information content (AvgIpc) is 2.78. The third-order valence-corrected chi connectivity index (χ3v) is 3.33. The predicted octanol–water partition coefficient (Wildman–Crippen LogP) is 2.43. The Bertz CT molecular complexity index is 582. The minimum Gasteiger partial charge on any atom is -0.311 e. The van der Waals surface area contributed by atoms with E-state index in [1.807, 2.05) is 0 Å². The third-order valence-electron chi connectivity index (χ3n) is 3.02. The molecule has 1 heterocycles. The highest BCUT2D eigenvalue weighted by Crippen LogP contribution is 2.35. The van der Waals surface area contributed by atoms with E-state index in [9.17, 15) is 18.0 Å². The first-order valence-electron chi connectivity index (χ1n) is 5.64. The molecule has 1 aromatic carbocycles. The van der Waals surface area contributed by atoms with E-state index in [0.29, 0.717) is 0 Å². The van der Waals surface area contributed by atoms with Crippen molar-refractivity contribution < 1.29 is 18.0 Å². The number of halogens is 4. The molecular weight excluding hydrogens is 295 g/mol. The molecule has 0 aromatic heterocycles. The second-order valence-electron chi connectivity index (χ2n) is 4.35. The summed E-state index contributed by atoms with van der Waals surface area (Å²) in [5, 5.41) is 8.71. The Kier molecular flexibility index (Phi) is 3.88. The van der Waals surface area contributed by atoms with Crippen molar-refractivity contribution in [3.05, 3.63) is 29.3 Å². The molecular formula is C12H9ClF3N3O. The molecule has 1 amide bonds. The fraction of sp³-hybridized carbons (Fsp3) is 0.333. The Morgan fingerprint density at radius 3 is 2.65 bits per heavy atom. The molecule has 1 fully saturated rings. The van der Waals surface area contributed by atoms with Gasteiger partial charge in [-0.15, -0.1) is 0 Å². The number of benzene rings is 1. The van der Waals surface area contributed by atoms with Gasteiger partial charge in [-0.25, -0.2) is 4.84 Å². The molecule has 20 heavy (non-hydrogen) atoms. The van der Waals surface area contributed by atoms with Gasteiger partial charge in [0.15, 0.2) is 0 Å². The highest BCUT2D eigenvalue weighted by atomic mass is 35.5. The van der Waals surface area contributed by atoms with Crippen LogP contribution in [-0.4, -0.2) is 18.5 Å². The first kappa shape index (κ1) is 14.6. The minimum atomic E-state index is -4.64. The first-order chi connectivity index (χ1) is 9.36. The summed E-state index contributed by atoms with van der Waals surface area (Å²) in [6, 6.07) is 4.38. The minimum absolute atomic E-state index is 0.107. The van der Waals surface area contributed by atoms with E-state index in [-0.39, 0.29) is 30.6 Å². The molecule has 1 aliphatic rings. The van der Waals surface area contributed by atoms with E-state index in [1.165, 1.54) is 17.0 Å². The van der Waals surface area contributed by atoms with Gasteiger partial charge in [-0.3, -0.25) is 4.79 Å². The number of carbonyl (C=O) groups excluding carboxylic acids is 1. The van der Waals surface area contributed by atoms with Crippen molar-refractivity contribution in [2.24, 2.45) is 0 Å². The fourth-order valence-corrected chi connectivity index (χ4v) is 2.21. The number of amides is 1. The van der Waals surface area contributed by atoms with Crippen LogP contribution >= 0.6 is 11.8 Å². The molecule has 0 bridgehead atoms. The zero-order valence-electron chi connectivity index (χ0n) is 10.0. The van der Waals surface area contributed by atoms with Crippen LogP contribution in [0.2, 0.25) is 0 Å². The van der Waals surface area contributed by atoms with Crippen LogP contribution in [0.3, 0.4) is 0 Å². The van der Waals surface area contributed by atoms with Crippen LogP contribution in [0.5, 0.6) is 0 Å². The third kappa shape index (κ3) is 2.71. The van der Waals surface area contributed by atoms with Gasteiger partial charge in [0, 0.05) is 24.7 Å². The maximum absolute atomic E-state index is 12.9. The van der Waals surface area contributed by atoms with Gasteiger partial charge in [0.05, 0.1) is 17.2 Å². The summed E-state index contributed by atoms with van der Waals surface area (Å²) < 4.78 is 38.6. The number of nitrogens with one attached hydrogen (secondary N) is 1. The van der Waals surface area contributed by atoms with Gasteiger partial charge in [0.2, 0.25) is 5.91 Å². The maximum Gasteiger partial charge on any atom is 0.417 e. The van der Waals surface area contributed by atoms with Crippen molar-refractivity contribution in [3.8, 4) is 6.07 Å². The lowest BCUT2D eigenvalue weighted by Crippen LogP contribution is -2.28. The molecule has 1 atom stereocenters. The van der Waals surface area contributed by atoms with Crippen molar-refractivity contribution in [1.82, 2.24) is 4.84 Å². The van der Waals surface area contributed by atoms with Crippen LogP contribution in [0.25, 0.3) is 0 Å². The molecule has 1 N–H and O–H groups in total. The van der Waals surface area contributed by atoms with Gasteiger partial charge in [0.1, 0.15) is 0 Å². The van der Waals surface area contributed by atoms with Crippen molar-refractivity contribution >= 4 is 23.4 Å². The van der Waals surface area contributed by atoms with E-state index in [4.69, 9.17) is 17.0 Å². The van der Waals surface area contributed by atoms with E-state index in [1.54, 1.807) is 0 Å². The summed E-state index contributed by atoms with van der Waals surface area (Å²) in [4.78, 5) is 15.4. The molecule has 0 spiro atoms. The highest BCUT2D eigenvalue weighted by molar-refractivity contribution is 6.14. The van der Waals surface area contributed by atoms with E-state index >= 15 is 0 Å². The monoisotopic (exact) mass is 303 g/mol. The van der Waals surface area contributed by atoms with Gasteiger partial charge in [-0.1, -0.05) is 0 Å². The lowest BCUT2D eigenvalue weighted by molar-refractivity contribution is -0.137. The number of carbonyl (C=O) groups is 1. The Labute approximate surface area is 117 Å². The van der Waals surface area contributed by atoms with Gasteiger partial charge in [-0.2, -0.15) is 18.4 Å². The Hall–Kier alpha value is -1.78. The fourth-order valence-electron chi connectivity index (χ4n) is 2.06. The molecule has 8 heteroatoms. The van der Waals surface area contributed by atoms with Gasteiger partial charge < -0.3 is 4.90 Å². The second kappa shape index (κ2) is 5.31. The standard InChI is InChI=1S/C12H9ClF3N3O/c13-18-8-3-11(20)19(6-8)9-2-1-7(5-17)10(4-9)12(14,15)16/h1-2,4,8,18H,3,6H2. The predicted molar refractivity (Wildman–Crippen MR) is 65.9 cm³/mol. The second-order valence-corrected chi connectivity index (χ2v) is 4.57. The summed E-state index contributed by atoms with van der Waals surface area (Å²) in [7, 11) is 0. The van der Waals surface area contributed by atoms with Gasteiger partial charge >= 0.3 is 6.18 Å². The first-order valence-corrected chi connectivity index (χ1v) is 6.02. The number of nitriles is 1. The summed E-state index contributed by atoms with van der Waals surface area (Å²) >= 11 is 5.43. The van der Waals surface area contributed by atoms with Gasteiger partial charge in [0.25, 0.3) is 0 Å². The Morgan fingerprint density at radius 2 is 2.15 bits per heavy atom. The number of rotatable bonds is 2. The number of hydrogen-bond donors (Lipinski definition) is 1. The topological polar surface area (TPSA) is 56.1 Å². The van der Waals surface area contributed by atoms with E-state index in [0.717, 1.165) is 12.1 Å². The Morgan fingerprint density at radius 1 is 1.45 bits per heavy atom. The van der Waals surface area contributed by atoms with Crippen LogP contribution in [0.1, 0.15) is 17.5 Å². The maximum atomic E-state index is 12.9. The van der Waals surface area contributed by atoms with E-state index < -0.39 is 17.3 Å². The molecule has 1 saturated heterocycles. The molecule has 106 valence electrons. The highest BCUT2D eigenvalue weighted by Gasteiger charge is 2.36. The summed E-state index contributed by atoms with van der Waals surface area (Å²) in [6.45, 7) is 0.186. The van der Waals surface area contributed by atoms with Crippen LogP contribution in [0.4, 0.5) is 18.9 Å². The van der Waals surface area contributed by atoms with Crippen molar-refractivity contribution in [3.63, 3.8) is 0 Å². The zero-order chi connectivity index (χ0) is 14.9. The summed E-state index contributed by atoms with van der Waals surface area (Å²) in [5.74, 6) is -0.319. The SMILES string of the molecule is N#Cc1ccc(N2CC(NCl)CC2=O)cc1C(F)(F)F. The van der Waals surface area contributed by atoms with E-state index in [2.05, 4.69) is 4.84 Å². The molecule has 1 aliphatic heterocycles. The molecule has 0 aliphatic carbocycles. The zero-order valence-corrected chi connectivity index (χ0v) is 10.8. The smallest absolute Gasteiger partial charge is 0.311 e. The molecule has 1 unspecified atom stereocenters. The molecule has 4 nitrogen and oxygen atoms in total. The summed E-state index contributed by atoms with van der Waals surface area (Å²) in [6.07, 6.45) is -4.53. The number of nitrogens with zero attached hydrogens (tertiary/aromatic N) is 2. The van der Waals surface area contributed by atoms with Crippen LogP contribution in [-0.2, 0) is 11.0 Å². The van der Waals surface area contributed by atoms with Crippen LogP contribution < -0.4 is 9.74 Å². The van der Waals surface area contributed by atoms with Gasteiger partial charge in [-0.05, 0) is 30.0 Å². The molecule has 2 rings (SSSR count). The van der Waals surface area contributed by atoms with Crippen LogP contribution in [0, 0.1) is 11.3 Å². The largest absolute Gasteiger partial charge is 0.417 e. The normalized spacial score (nSPS) is 19.2. The van der Waals surface area contributed by atoms with Crippen LogP contribution in [0.15, 0.2) is 18.2 Å².